The molecule has 0 saturated carbocycles. The topological polar surface area (TPSA) is 59.7 Å². The molecule has 1 aliphatic heterocycles. The maximum atomic E-state index is 12.7. The Hall–Kier alpha value is -1.95. The highest BCUT2D eigenvalue weighted by molar-refractivity contribution is 5.99. The van der Waals surface area contributed by atoms with Crippen LogP contribution in [0.2, 0.25) is 0 Å². The zero-order valence-corrected chi connectivity index (χ0v) is 12.9. The van der Waals surface area contributed by atoms with Gasteiger partial charge < -0.3 is 9.64 Å². The summed E-state index contributed by atoms with van der Waals surface area (Å²) >= 11 is 0. The van der Waals surface area contributed by atoms with Crippen molar-refractivity contribution in [1.82, 2.24) is 19.5 Å². The summed E-state index contributed by atoms with van der Waals surface area (Å²) in [6.07, 6.45) is 9.32. The monoisotopic (exact) mass is 302 g/mol. The van der Waals surface area contributed by atoms with Crippen molar-refractivity contribution in [3.05, 3.63) is 30.2 Å². The van der Waals surface area contributed by atoms with Gasteiger partial charge in [0, 0.05) is 32.1 Å². The van der Waals surface area contributed by atoms with E-state index in [1.807, 2.05) is 4.90 Å². The van der Waals surface area contributed by atoms with Gasteiger partial charge in [0.1, 0.15) is 5.56 Å². The molecule has 1 fully saturated rings. The van der Waals surface area contributed by atoms with Crippen LogP contribution in [0.4, 0.5) is 0 Å². The lowest BCUT2D eigenvalue weighted by atomic mass is 10.2. The Morgan fingerprint density at radius 3 is 3.18 bits per heavy atom. The van der Waals surface area contributed by atoms with Crippen molar-refractivity contribution < 1.29 is 9.53 Å². The summed E-state index contributed by atoms with van der Waals surface area (Å²) in [4.78, 5) is 18.9. The van der Waals surface area contributed by atoms with Gasteiger partial charge in [0.05, 0.1) is 12.3 Å². The molecule has 1 unspecified atom stereocenters. The maximum absolute atomic E-state index is 12.7. The van der Waals surface area contributed by atoms with E-state index < -0.39 is 0 Å². The highest BCUT2D eigenvalue weighted by Crippen LogP contribution is 2.18. The number of fused-ring (bicyclic) bond motifs is 1. The van der Waals surface area contributed by atoms with E-state index in [4.69, 9.17) is 4.74 Å². The van der Waals surface area contributed by atoms with Gasteiger partial charge in [-0.1, -0.05) is 6.92 Å². The third-order valence-electron chi connectivity index (χ3n) is 4.03. The molecule has 0 aromatic carbocycles. The highest BCUT2D eigenvalue weighted by atomic mass is 16.5. The van der Waals surface area contributed by atoms with Crippen LogP contribution in [0.5, 0.6) is 0 Å². The van der Waals surface area contributed by atoms with Gasteiger partial charge in [0.2, 0.25) is 0 Å². The molecule has 3 rings (SSSR count). The van der Waals surface area contributed by atoms with Crippen LogP contribution in [-0.2, 0) is 4.74 Å². The number of nitrogens with zero attached hydrogens (tertiary/aromatic N) is 4. The molecular weight excluding hydrogens is 280 g/mol. The number of aromatic nitrogens is 3. The highest BCUT2D eigenvalue weighted by Gasteiger charge is 2.24. The van der Waals surface area contributed by atoms with Gasteiger partial charge in [-0.05, 0) is 31.7 Å². The first-order valence-electron chi connectivity index (χ1n) is 7.99. The molecule has 1 amide bonds. The molecule has 6 heteroatoms. The lowest BCUT2D eigenvalue weighted by molar-refractivity contribution is 0.0432. The van der Waals surface area contributed by atoms with Crippen molar-refractivity contribution in [1.29, 1.82) is 0 Å². The predicted octanol–water partition coefficient (Wildman–Crippen LogP) is 2.15. The quantitative estimate of drug-likeness (QED) is 0.868. The minimum atomic E-state index is 0.0184. The van der Waals surface area contributed by atoms with E-state index in [2.05, 4.69) is 17.0 Å². The van der Waals surface area contributed by atoms with Crippen molar-refractivity contribution >= 4 is 11.6 Å². The van der Waals surface area contributed by atoms with E-state index in [-0.39, 0.29) is 12.0 Å². The fourth-order valence-corrected chi connectivity index (χ4v) is 2.87. The summed E-state index contributed by atoms with van der Waals surface area (Å²) in [6, 6.07) is 1.80. The van der Waals surface area contributed by atoms with E-state index in [1.165, 1.54) is 0 Å². The van der Waals surface area contributed by atoms with Crippen molar-refractivity contribution in [2.45, 2.75) is 38.7 Å². The van der Waals surface area contributed by atoms with Crippen LogP contribution in [0.1, 0.15) is 43.0 Å². The number of likely N-dealkylation sites (tertiary alicyclic amines) is 1. The van der Waals surface area contributed by atoms with Gasteiger partial charge in [-0.3, -0.25) is 4.79 Å². The van der Waals surface area contributed by atoms with Crippen molar-refractivity contribution in [2.75, 3.05) is 19.7 Å². The molecule has 1 atom stereocenters. The smallest absolute Gasteiger partial charge is 0.259 e. The van der Waals surface area contributed by atoms with Crippen LogP contribution in [0, 0.1) is 0 Å². The molecule has 2 aromatic heterocycles. The van der Waals surface area contributed by atoms with Gasteiger partial charge in [0.25, 0.3) is 5.91 Å². The fraction of sp³-hybridized carbons (Fsp3) is 0.562. The van der Waals surface area contributed by atoms with E-state index >= 15 is 0 Å². The number of hydrogen-bond donors (Lipinski definition) is 0. The third-order valence-corrected chi connectivity index (χ3v) is 4.03. The number of carbonyl (C=O) groups excluding carboxylic acids is 1. The molecule has 1 saturated heterocycles. The molecule has 6 nitrogen and oxygen atoms in total. The molecule has 0 aliphatic carbocycles. The lowest BCUT2D eigenvalue weighted by Crippen LogP contribution is -2.32. The molecule has 0 spiro atoms. The summed E-state index contributed by atoms with van der Waals surface area (Å²) in [5.74, 6) is 0.0184. The second-order valence-electron chi connectivity index (χ2n) is 5.66. The van der Waals surface area contributed by atoms with E-state index in [1.54, 1.807) is 29.2 Å². The first kappa shape index (κ1) is 15.0. The molecule has 2 aromatic rings. The molecule has 0 bridgehead atoms. The minimum Gasteiger partial charge on any atom is -0.378 e. The molecule has 22 heavy (non-hydrogen) atoms. The SMILES string of the molecule is CCCOC1CCCN(C(=O)c2cnn3cccnc23)CC1. The van der Waals surface area contributed by atoms with Gasteiger partial charge >= 0.3 is 0 Å². The lowest BCUT2D eigenvalue weighted by Gasteiger charge is -2.20. The molecule has 3 heterocycles. The summed E-state index contributed by atoms with van der Waals surface area (Å²) in [5.41, 5.74) is 1.20. The van der Waals surface area contributed by atoms with Crippen LogP contribution in [0.25, 0.3) is 5.65 Å². The molecule has 1 aliphatic rings. The Morgan fingerprint density at radius 1 is 1.41 bits per heavy atom. The van der Waals surface area contributed by atoms with Gasteiger partial charge in [0.15, 0.2) is 5.65 Å². The Balaban J connectivity index is 1.70. The number of hydrogen-bond acceptors (Lipinski definition) is 4. The molecule has 0 radical (unpaired) electrons. The standard InChI is InChI=1S/C16H22N4O2/c1-2-11-22-13-5-3-8-19(10-6-13)16(21)14-12-18-20-9-4-7-17-15(14)20/h4,7,9,12-13H,2-3,5-6,8,10-11H2,1H3. The summed E-state index contributed by atoms with van der Waals surface area (Å²) in [6.45, 7) is 4.42. The average molecular weight is 302 g/mol. The first-order chi connectivity index (χ1) is 10.8. The number of ether oxygens (including phenoxy) is 1. The number of carbonyl (C=O) groups is 1. The van der Waals surface area contributed by atoms with E-state index in [0.29, 0.717) is 11.2 Å². The minimum absolute atomic E-state index is 0.0184. The van der Waals surface area contributed by atoms with Gasteiger partial charge in [-0.15, -0.1) is 0 Å². The molecule has 0 N–H and O–H groups in total. The van der Waals surface area contributed by atoms with Crippen LogP contribution >= 0.6 is 0 Å². The first-order valence-corrected chi connectivity index (χ1v) is 7.99. The van der Waals surface area contributed by atoms with Crippen molar-refractivity contribution in [3.8, 4) is 0 Å². The van der Waals surface area contributed by atoms with Gasteiger partial charge in [-0.25, -0.2) is 9.50 Å². The van der Waals surface area contributed by atoms with Crippen LogP contribution < -0.4 is 0 Å². The van der Waals surface area contributed by atoms with Crippen LogP contribution in [0.3, 0.4) is 0 Å². The Morgan fingerprint density at radius 2 is 2.32 bits per heavy atom. The Bertz CT molecular complexity index is 640. The van der Waals surface area contributed by atoms with Crippen LogP contribution in [0.15, 0.2) is 24.7 Å². The second-order valence-corrected chi connectivity index (χ2v) is 5.66. The normalized spacial score (nSPS) is 19.3. The summed E-state index contributed by atoms with van der Waals surface area (Å²) in [7, 11) is 0. The summed E-state index contributed by atoms with van der Waals surface area (Å²) in [5, 5.41) is 4.20. The number of amides is 1. The zero-order chi connectivity index (χ0) is 15.4. The third kappa shape index (κ3) is 3.11. The van der Waals surface area contributed by atoms with Crippen LogP contribution in [-0.4, -0.2) is 51.2 Å². The molecule has 118 valence electrons. The second kappa shape index (κ2) is 6.87. The van der Waals surface area contributed by atoms with Gasteiger partial charge in [-0.2, -0.15) is 5.10 Å². The molecular formula is C16H22N4O2. The average Bonchev–Trinajstić information content (AvgIpc) is 2.83. The zero-order valence-electron chi connectivity index (χ0n) is 12.9. The summed E-state index contributed by atoms with van der Waals surface area (Å²) < 4.78 is 7.47. The maximum Gasteiger partial charge on any atom is 0.259 e. The number of rotatable bonds is 4. The van der Waals surface area contributed by atoms with Crippen molar-refractivity contribution in [3.63, 3.8) is 0 Å². The van der Waals surface area contributed by atoms with E-state index in [9.17, 15) is 4.79 Å². The van der Waals surface area contributed by atoms with E-state index in [0.717, 1.165) is 45.4 Å². The Kier molecular flexibility index (Phi) is 4.68. The van der Waals surface area contributed by atoms with Crippen molar-refractivity contribution in [2.24, 2.45) is 0 Å². The predicted molar refractivity (Wildman–Crippen MR) is 82.8 cm³/mol. The fourth-order valence-electron chi connectivity index (χ4n) is 2.87. The Labute approximate surface area is 130 Å². The largest absolute Gasteiger partial charge is 0.378 e.